The average Bonchev–Trinajstić information content (AvgIpc) is 2.78. The zero-order valence-electron chi connectivity index (χ0n) is 11.7. The topological polar surface area (TPSA) is 53.1 Å². The third kappa shape index (κ3) is 2.75. The molecule has 1 fully saturated rings. The first-order chi connectivity index (χ1) is 8.63. The fourth-order valence-electron chi connectivity index (χ4n) is 2.87. The molecule has 2 N–H and O–H groups in total. The molecule has 3 unspecified atom stereocenters. The van der Waals surface area contributed by atoms with E-state index < -0.39 is 0 Å². The van der Waals surface area contributed by atoms with Gasteiger partial charge in [0.05, 0.1) is 12.4 Å². The Hall–Kier alpha value is -0.870. The monoisotopic (exact) mass is 251 g/mol. The Bertz CT molecular complexity index is 375. The molecule has 3 atom stereocenters. The van der Waals surface area contributed by atoms with Crippen LogP contribution < -0.4 is 5.73 Å². The average molecular weight is 251 g/mol. The molecule has 0 aromatic carbocycles. The van der Waals surface area contributed by atoms with Gasteiger partial charge in [-0.1, -0.05) is 13.8 Å². The Kier molecular flexibility index (Phi) is 4.40. The lowest BCUT2D eigenvalue weighted by Gasteiger charge is -2.31. The van der Waals surface area contributed by atoms with E-state index in [4.69, 9.17) is 10.5 Å². The van der Waals surface area contributed by atoms with Gasteiger partial charge in [-0.25, -0.2) is 4.98 Å². The molecule has 1 aromatic rings. The van der Waals surface area contributed by atoms with Crippen molar-refractivity contribution in [3.05, 3.63) is 18.2 Å². The number of rotatable bonds is 4. The van der Waals surface area contributed by atoms with Crippen molar-refractivity contribution in [2.45, 2.75) is 51.7 Å². The molecule has 2 heterocycles. The van der Waals surface area contributed by atoms with Gasteiger partial charge >= 0.3 is 0 Å². The van der Waals surface area contributed by atoms with Gasteiger partial charge in [-0.2, -0.15) is 0 Å². The smallest absolute Gasteiger partial charge is 0.0950 e. The maximum Gasteiger partial charge on any atom is 0.0950 e. The Morgan fingerprint density at radius 1 is 1.56 bits per heavy atom. The lowest BCUT2D eigenvalue weighted by Crippen LogP contribution is -2.28. The van der Waals surface area contributed by atoms with Gasteiger partial charge in [0.25, 0.3) is 0 Å². The second-order valence-corrected chi connectivity index (χ2v) is 5.67. The molecule has 2 rings (SSSR count). The number of hydrogen-bond donors (Lipinski definition) is 1. The zero-order chi connectivity index (χ0) is 13.1. The quantitative estimate of drug-likeness (QED) is 0.893. The van der Waals surface area contributed by atoms with E-state index in [9.17, 15) is 0 Å². The van der Waals surface area contributed by atoms with Gasteiger partial charge in [0.1, 0.15) is 0 Å². The number of nitrogens with zero attached hydrogens (tertiary/aromatic N) is 2. The molecule has 1 saturated heterocycles. The predicted octanol–water partition coefficient (Wildman–Crippen LogP) is 2.32. The molecule has 0 radical (unpaired) electrons. The third-order valence-corrected chi connectivity index (χ3v) is 3.99. The van der Waals surface area contributed by atoms with Gasteiger partial charge < -0.3 is 15.0 Å². The summed E-state index contributed by atoms with van der Waals surface area (Å²) in [5, 5.41) is 0. The van der Waals surface area contributed by atoms with E-state index in [0.29, 0.717) is 30.5 Å². The number of aromatic nitrogens is 2. The van der Waals surface area contributed by atoms with Crippen LogP contribution in [0.2, 0.25) is 0 Å². The van der Waals surface area contributed by atoms with Gasteiger partial charge in [-0.3, -0.25) is 0 Å². The minimum atomic E-state index is 0.342. The SMILES string of the molecule is CC1CC(n2cncc2C(CN)C(C)C)CCO1. The Balaban J connectivity index is 2.21. The molecule has 1 aromatic heterocycles. The maximum absolute atomic E-state index is 5.92. The molecule has 0 amide bonds. The van der Waals surface area contributed by atoms with E-state index >= 15 is 0 Å². The highest BCUT2D eigenvalue weighted by Crippen LogP contribution is 2.30. The van der Waals surface area contributed by atoms with Crippen LogP contribution in [0.4, 0.5) is 0 Å². The van der Waals surface area contributed by atoms with Crippen molar-refractivity contribution < 1.29 is 4.74 Å². The van der Waals surface area contributed by atoms with Crippen LogP contribution in [-0.4, -0.2) is 28.8 Å². The Morgan fingerprint density at radius 2 is 2.33 bits per heavy atom. The molecule has 0 aliphatic carbocycles. The molecule has 0 spiro atoms. The Labute approximate surface area is 110 Å². The summed E-state index contributed by atoms with van der Waals surface area (Å²) in [6.45, 7) is 8.12. The highest BCUT2D eigenvalue weighted by Gasteiger charge is 2.25. The summed E-state index contributed by atoms with van der Waals surface area (Å²) in [4.78, 5) is 4.34. The number of imidazole rings is 1. The van der Waals surface area contributed by atoms with Crippen LogP contribution in [0.15, 0.2) is 12.5 Å². The molecule has 102 valence electrons. The van der Waals surface area contributed by atoms with Crippen LogP contribution in [0.1, 0.15) is 51.3 Å². The van der Waals surface area contributed by atoms with Crippen molar-refractivity contribution in [2.24, 2.45) is 11.7 Å². The summed E-state index contributed by atoms with van der Waals surface area (Å²) in [6, 6.07) is 0.513. The summed E-state index contributed by atoms with van der Waals surface area (Å²) in [5.41, 5.74) is 7.21. The largest absolute Gasteiger partial charge is 0.378 e. The number of nitrogens with two attached hydrogens (primary N) is 1. The van der Waals surface area contributed by atoms with Crippen LogP contribution in [0.5, 0.6) is 0 Å². The second-order valence-electron chi connectivity index (χ2n) is 5.67. The lowest BCUT2D eigenvalue weighted by atomic mass is 9.92. The summed E-state index contributed by atoms with van der Waals surface area (Å²) in [7, 11) is 0. The minimum absolute atomic E-state index is 0.342. The molecule has 1 aliphatic heterocycles. The summed E-state index contributed by atoms with van der Waals surface area (Å²) in [6.07, 6.45) is 6.43. The first-order valence-electron chi connectivity index (χ1n) is 6.96. The predicted molar refractivity (Wildman–Crippen MR) is 72.5 cm³/mol. The second kappa shape index (κ2) is 5.85. The minimum Gasteiger partial charge on any atom is -0.378 e. The maximum atomic E-state index is 5.92. The van der Waals surface area contributed by atoms with E-state index in [1.165, 1.54) is 5.69 Å². The molecule has 0 saturated carbocycles. The standard InChI is InChI=1S/C14H25N3O/c1-10(2)13(7-15)14-8-16-9-17(14)12-4-5-18-11(3)6-12/h8-13H,4-7,15H2,1-3H3. The lowest BCUT2D eigenvalue weighted by molar-refractivity contribution is 0.00519. The molecule has 0 bridgehead atoms. The highest BCUT2D eigenvalue weighted by atomic mass is 16.5. The van der Waals surface area contributed by atoms with Gasteiger partial charge in [0.2, 0.25) is 0 Å². The first kappa shape index (κ1) is 13.6. The van der Waals surface area contributed by atoms with E-state index in [0.717, 1.165) is 19.4 Å². The van der Waals surface area contributed by atoms with Crippen LogP contribution in [0, 0.1) is 5.92 Å². The number of ether oxygens (including phenoxy) is 1. The summed E-state index contributed by atoms with van der Waals surface area (Å²) >= 11 is 0. The molecular formula is C14H25N3O. The third-order valence-electron chi connectivity index (χ3n) is 3.99. The van der Waals surface area contributed by atoms with Crippen molar-refractivity contribution in [3.8, 4) is 0 Å². The van der Waals surface area contributed by atoms with Crippen LogP contribution in [0.3, 0.4) is 0 Å². The summed E-state index contributed by atoms with van der Waals surface area (Å²) in [5.74, 6) is 0.938. The summed E-state index contributed by atoms with van der Waals surface area (Å²) < 4.78 is 7.95. The van der Waals surface area contributed by atoms with E-state index in [1.807, 2.05) is 12.5 Å². The van der Waals surface area contributed by atoms with E-state index in [-0.39, 0.29) is 0 Å². The normalized spacial score (nSPS) is 26.5. The molecule has 4 heteroatoms. The van der Waals surface area contributed by atoms with Gasteiger partial charge in [0.15, 0.2) is 0 Å². The van der Waals surface area contributed by atoms with Crippen molar-refractivity contribution >= 4 is 0 Å². The van der Waals surface area contributed by atoms with E-state index in [1.54, 1.807) is 0 Å². The molecule has 18 heavy (non-hydrogen) atoms. The van der Waals surface area contributed by atoms with Crippen LogP contribution >= 0.6 is 0 Å². The molecule has 1 aliphatic rings. The van der Waals surface area contributed by atoms with Crippen molar-refractivity contribution in [2.75, 3.05) is 13.2 Å². The van der Waals surface area contributed by atoms with Crippen LogP contribution in [-0.2, 0) is 4.74 Å². The van der Waals surface area contributed by atoms with Gasteiger partial charge in [-0.05, 0) is 25.7 Å². The fourth-order valence-corrected chi connectivity index (χ4v) is 2.87. The van der Waals surface area contributed by atoms with Crippen molar-refractivity contribution in [1.29, 1.82) is 0 Å². The fraction of sp³-hybridized carbons (Fsp3) is 0.786. The number of hydrogen-bond acceptors (Lipinski definition) is 3. The van der Waals surface area contributed by atoms with Crippen molar-refractivity contribution in [3.63, 3.8) is 0 Å². The zero-order valence-corrected chi connectivity index (χ0v) is 11.7. The van der Waals surface area contributed by atoms with E-state index in [2.05, 4.69) is 30.3 Å². The molecular weight excluding hydrogens is 226 g/mol. The molecule has 4 nitrogen and oxygen atoms in total. The first-order valence-corrected chi connectivity index (χ1v) is 6.96. The highest BCUT2D eigenvalue weighted by molar-refractivity contribution is 5.10. The van der Waals surface area contributed by atoms with Gasteiger partial charge in [0, 0.05) is 37.0 Å². The van der Waals surface area contributed by atoms with Crippen LogP contribution in [0.25, 0.3) is 0 Å². The Morgan fingerprint density at radius 3 is 2.94 bits per heavy atom. The van der Waals surface area contributed by atoms with Gasteiger partial charge in [-0.15, -0.1) is 0 Å². The van der Waals surface area contributed by atoms with Crippen molar-refractivity contribution in [1.82, 2.24) is 9.55 Å².